The summed E-state index contributed by atoms with van der Waals surface area (Å²) in [5.41, 5.74) is 4.75. The van der Waals surface area contributed by atoms with Crippen LogP contribution in [0.5, 0.6) is 0 Å². The van der Waals surface area contributed by atoms with E-state index in [9.17, 15) is 4.79 Å². The van der Waals surface area contributed by atoms with Crippen LogP contribution in [0.1, 0.15) is 32.9 Å². The zero-order valence-electron chi connectivity index (χ0n) is 10.8. The second kappa shape index (κ2) is 5.07. The molecule has 0 unspecified atom stereocenters. The minimum atomic E-state index is -0.374. The first-order chi connectivity index (χ1) is 8.54. The second-order valence-electron chi connectivity index (χ2n) is 4.74. The molecule has 1 aromatic rings. The number of ether oxygens (including phenoxy) is 2. The predicted octanol–water partition coefficient (Wildman–Crippen LogP) is 0.930. The van der Waals surface area contributed by atoms with Crippen LogP contribution >= 0.6 is 0 Å². The highest BCUT2D eigenvalue weighted by Gasteiger charge is 2.37. The Morgan fingerprint density at radius 1 is 1.72 bits per heavy atom. The molecule has 2 heterocycles. The first-order valence-corrected chi connectivity index (χ1v) is 6.14. The molecular formula is C12H19N3O3. The standard InChI is InChI=1S/C12H19N3O3/c1-3-17-8-12(2)6-4-10(18-12)15-7-5-9(13)14-11(15)16/h5,7,10H,3-4,6,8H2,1-2H3,(H2,13,14,16)/t10-,12+/m1/s1. The fourth-order valence-electron chi connectivity index (χ4n) is 2.14. The average molecular weight is 253 g/mol. The molecule has 6 heteroatoms. The predicted molar refractivity (Wildman–Crippen MR) is 67.2 cm³/mol. The maximum Gasteiger partial charge on any atom is 0.351 e. The Morgan fingerprint density at radius 2 is 2.50 bits per heavy atom. The summed E-state index contributed by atoms with van der Waals surface area (Å²) in [7, 11) is 0. The quantitative estimate of drug-likeness (QED) is 0.863. The summed E-state index contributed by atoms with van der Waals surface area (Å²) < 4.78 is 12.8. The van der Waals surface area contributed by atoms with E-state index in [1.54, 1.807) is 12.3 Å². The maximum absolute atomic E-state index is 11.7. The number of rotatable bonds is 4. The maximum atomic E-state index is 11.7. The lowest BCUT2D eigenvalue weighted by molar-refractivity contribution is -0.102. The molecule has 1 aliphatic heterocycles. The van der Waals surface area contributed by atoms with E-state index < -0.39 is 0 Å². The normalized spacial score (nSPS) is 27.6. The third-order valence-corrected chi connectivity index (χ3v) is 3.11. The number of anilines is 1. The van der Waals surface area contributed by atoms with Gasteiger partial charge in [0.1, 0.15) is 12.0 Å². The Balaban J connectivity index is 2.10. The highest BCUT2D eigenvalue weighted by Crippen LogP contribution is 2.35. The molecular weight excluding hydrogens is 234 g/mol. The van der Waals surface area contributed by atoms with Gasteiger partial charge in [-0.25, -0.2) is 4.79 Å². The van der Waals surface area contributed by atoms with E-state index in [2.05, 4.69) is 4.98 Å². The molecule has 0 saturated carbocycles. The summed E-state index contributed by atoms with van der Waals surface area (Å²) in [6, 6.07) is 1.60. The van der Waals surface area contributed by atoms with E-state index in [1.807, 2.05) is 13.8 Å². The first kappa shape index (κ1) is 13.0. The fraction of sp³-hybridized carbons (Fsp3) is 0.667. The topological polar surface area (TPSA) is 79.4 Å². The van der Waals surface area contributed by atoms with Gasteiger partial charge in [0.25, 0.3) is 0 Å². The molecule has 1 saturated heterocycles. The largest absolute Gasteiger partial charge is 0.383 e. The van der Waals surface area contributed by atoms with Gasteiger partial charge in [0.05, 0.1) is 12.2 Å². The molecule has 100 valence electrons. The number of hydrogen-bond donors (Lipinski definition) is 1. The van der Waals surface area contributed by atoms with Crippen molar-refractivity contribution < 1.29 is 9.47 Å². The molecule has 0 bridgehead atoms. The summed E-state index contributed by atoms with van der Waals surface area (Å²) in [5, 5.41) is 0. The number of hydrogen-bond acceptors (Lipinski definition) is 5. The Bertz CT molecular complexity index is 474. The molecule has 2 rings (SSSR count). The highest BCUT2D eigenvalue weighted by atomic mass is 16.6. The zero-order valence-corrected chi connectivity index (χ0v) is 10.8. The van der Waals surface area contributed by atoms with Crippen LogP contribution in [0.15, 0.2) is 17.1 Å². The van der Waals surface area contributed by atoms with Crippen molar-refractivity contribution in [3.05, 3.63) is 22.7 Å². The summed E-state index contributed by atoms with van der Waals surface area (Å²) in [4.78, 5) is 15.4. The summed E-state index contributed by atoms with van der Waals surface area (Å²) in [5.74, 6) is 0.228. The van der Waals surface area contributed by atoms with E-state index in [-0.39, 0.29) is 23.3 Å². The van der Waals surface area contributed by atoms with Gasteiger partial charge in [-0.15, -0.1) is 0 Å². The lowest BCUT2D eigenvalue weighted by Crippen LogP contribution is -2.33. The van der Waals surface area contributed by atoms with Gasteiger partial charge < -0.3 is 15.2 Å². The van der Waals surface area contributed by atoms with E-state index in [4.69, 9.17) is 15.2 Å². The molecule has 1 aliphatic rings. The Hall–Kier alpha value is -1.40. The van der Waals surface area contributed by atoms with Gasteiger partial charge in [-0.1, -0.05) is 0 Å². The Kier molecular flexibility index (Phi) is 3.68. The third kappa shape index (κ3) is 2.70. The lowest BCUT2D eigenvalue weighted by atomic mass is 10.0. The molecule has 0 aromatic carbocycles. The SMILES string of the molecule is CCOC[C@]1(C)CC[C@H](n2ccc(N)nc2=O)O1. The molecule has 1 aromatic heterocycles. The minimum Gasteiger partial charge on any atom is -0.383 e. The van der Waals surface area contributed by atoms with Gasteiger partial charge in [0.2, 0.25) is 0 Å². The van der Waals surface area contributed by atoms with Gasteiger partial charge >= 0.3 is 5.69 Å². The van der Waals surface area contributed by atoms with Gasteiger partial charge in [0, 0.05) is 12.8 Å². The van der Waals surface area contributed by atoms with Crippen molar-refractivity contribution >= 4 is 5.82 Å². The van der Waals surface area contributed by atoms with E-state index >= 15 is 0 Å². The van der Waals surface area contributed by atoms with E-state index in [0.717, 1.165) is 12.8 Å². The summed E-state index contributed by atoms with van der Waals surface area (Å²) in [6.07, 6.45) is 2.97. The third-order valence-electron chi connectivity index (χ3n) is 3.11. The van der Waals surface area contributed by atoms with Crippen molar-refractivity contribution in [2.75, 3.05) is 18.9 Å². The van der Waals surface area contributed by atoms with Crippen molar-refractivity contribution in [2.24, 2.45) is 0 Å². The number of aromatic nitrogens is 2. The summed E-state index contributed by atoms with van der Waals surface area (Å²) in [6.45, 7) is 5.15. The van der Waals surface area contributed by atoms with Crippen LogP contribution < -0.4 is 11.4 Å². The Morgan fingerprint density at radius 3 is 3.17 bits per heavy atom. The monoisotopic (exact) mass is 253 g/mol. The molecule has 1 fully saturated rings. The molecule has 0 amide bonds. The van der Waals surface area contributed by atoms with Crippen molar-refractivity contribution in [3.63, 3.8) is 0 Å². The van der Waals surface area contributed by atoms with Crippen LogP contribution in [0.2, 0.25) is 0 Å². The fourth-order valence-corrected chi connectivity index (χ4v) is 2.14. The van der Waals surface area contributed by atoms with Gasteiger partial charge in [-0.2, -0.15) is 4.98 Å². The van der Waals surface area contributed by atoms with Crippen LogP contribution in [0, 0.1) is 0 Å². The van der Waals surface area contributed by atoms with Crippen LogP contribution in [-0.2, 0) is 9.47 Å². The smallest absolute Gasteiger partial charge is 0.351 e. The van der Waals surface area contributed by atoms with Gasteiger partial charge in [0.15, 0.2) is 0 Å². The zero-order chi connectivity index (χ0) is 13.2. The molecule has 0 aliphatic carbocycles. The number of nitrogen functional groups attached to an aromatic ring is 1. The summed E-state index contributed by atoms with van der Waals surface area (Å²) >= 11 is 0. The lowest BCUT2D eigenvalue weighted by Gasteiger charge is -2.24. The van der Waals surface area contributed by atoms with Crippen LogP contribution in [0.25, 0.3) is 0 Å². The highest BCUT2D eigenvalue weighted by molar-refractivity contribution is 5.23. The molecule has 6 nitrogen and oxygen atoms in total. The number of nitrogens with zero attached hydrogens (tertiary/aromatic N) is 2. The minimum absolute atomic E-state index is 0.228. The molecule has 2 atom stereocenters. The first-order valence-electron chi connectivity index (χ1n) is 6.14. The molecule has 2 N–H and O–H groups in total. The van der Waals surface area contributed by atoms with Crippen molar-refractivity contribution in [1.82, 2.24) is 9.55 Å². The van der Waals surface area contributed by atoms with Gasteiger partial charge in [-0.3, -0.25) is 4.57 Å². The molecule has 18 heavy (non-hydrogen) atoms. The second-order valence-corrected chi connectivity index (χ2v) is 4.74. The average Bonchev–Trinajstić information content (AvgIpc) is 2.70. The number of nitrogens with two attached hydrogens (primary N) is 1. The van der Waals surface area contributed by atoms with Gasteiger partial charge in [-0.05, 0) is 32.8 Å². The molecule has 0 radical (unpaired) electrons. The van der Waals surface area contributed by atoms with E-state index in [0.29, 0.717) is 13.2 Å². The van der Waals surface area contributed by atoms with Crippen LogP contribution in [-0.4, -0.2) is 28.4 Å². The van der Waals surface area contributed by atoms with Crippen molar-refractivity contribution in [2.45, 2.75) is 38.5 Å². The Labute approximate surface area is 106 Å². The van der Waals surface area contributed by atoms with Crippen molar-refractivity contribution in [3.8, 4) is 0 Å². The molecule has 0 spiro atoms. The van der Waals surface area contributed by atoms with Crippen LogP contribution in [0.4, 0.5) is 5.82 Å². The van der Waals surface area contributed by atoms with E-state index in [1.165, 1.54) is 4.57 Å². The van der Waals surface area contributed by atoms with Crippen LogP contribution in [0.3, 0.4) is 0 Å². The van der Waals surface area contributed by atoms with Crippen molar-refractivity contribution in [1.29, 1.82) is 0 Å².